The first-order chi connectivity index (χ1) is 11.2. The number of benzene rings is 1. The van der Waals surface area contributed by atoms with Gasteiger partial charge in [0.2, 0.25) is 5.95 Å². The van der Waals surface area contributed by atoms with Gasteiger partial charge in [0.1, 0.15) is 0 Å². The van der Waals surface area contributed by atoms with Crippen LogP contribution in [-0.2, 0) is 0 Å². The van der Waals surface area contributed by atoms with Gasteiger partial charge in [0.25, 0.3) is 5.91 Å². The zero-order valence-corrected chi connectivity index (χ0v) is 13.7. The topological polar surface area (TPSA) is 49.3 Å². The third-order valence-electron chi connectivity index (χ3n) is 4.15. The SMILES string of the molecule is CCN(C(=O)c1cnc(N2CCCC2)nc1)c1cccc(C)c1. The van der Waals surface area contributed by atoms with E-state index in [1.165, 1.54) is 12.8 Å². The molecule has 0 spiro atoms. The van der Waals surface area contributed by atoms with Crippen LogP contribution < -0.4 is 9.80 Å². The molecule has 120 valence electrons. The Hall–Kier alpha value is -2.43. The van der Waals surface area contributed by atoms with Crippen molar-refractivity contribution in [2.45, 2.75) is 26.7 Å². The number of hydrogen-bond acceptors (Lipinski definition) is 4. The van der Waals surface area contributed by atoms with Crippen LogP contribution in [0, 0.1) is 6.92 Å². The van der Waals surface area contributed by atoms with Gasteiger partial charge >= 0.3 is 0 Å². The molecule has 0 radical (unpaired) electrons. The van der Waals surface area contributed by atoms with E-state index in [1.807, 2.05) is 38.1 Å². The number of amides is 1. The second-order valence-electron chi connectivity index (χ2n) is 5.85. The first kappa shape index (κ1) is 15.5. The normalized spacial score (nSPS) is 14.1. The van der Waals surface area contributed by atoms with Gasteiger partial charge in [0, 0.05) is 37.7 Å². The number of rotatable bonds is 4. The molecule has 1 aromatic carbocycles. The number of nitrogens with zero attached hydrogens (tertiary/aromatic N) is 4. The fourth-order valence-corrected chi connectivity index (χ4v) is 2.91. The highest BCUT2D eigenvalue weighted by atomic mass is 16.2. The van der Waals surface area contributed by atoms with Crippen LogP contribution >= 0.6 is 0 Å². The molecular weight excluding hydrogens is 288 g/mol. The van der Waals surface area contributed by atoms with Crippen molar-refractivity contribution in [3.05, 3.63) is 47.8 Å². The number of hydrogen-bond donors (Lipinski definition) is 0. The smallest absolute Gasteiger partial charge is 0.261 e. The van der Waals surface area contributed by atoms with E-state index in [4.69, 9.17) is 0 Å². The van der Waals surface area contributed by atoms with Crippen molar-refractivity contribution < 1.29 is 4.79 Å². The number of anilines is 2. The third-order valence-corrected chi connectivity index (χ3v) is 4.15. The number of carbonyl (C=O) groups is 1. The zero-order valence-electron chi connectivity index (χ0n) is 13.7. The van der Waals surface area contributed by atoms with Crippen LogP contribution in [0.15, 0.2) is 36.7 Å². The molecule has 5 heteroatoms. The van der Waals surface area contributed by atoms with Crippen molar-refractivity contribution in [2.75, 3.05) is 29.4 Å². The summed E-state index contributed by atoms with van der Waals surface area (Å²) in [4.78, 5) is 25.4. The van der Waals surface area contributed by atoms with E-state index in [0.717, 1.165) is 30.3 Å². The van der Waals surface area contributed by atoms with E-state index in [1.54, 1.807) is 17.3 Å². The molecule has 1 amide bonds. The maximum atomic E-state index is 12.8. The number of aryl methyl sites for hydroxylation is 1. The minimum Gasteiger partial charge on any atom is -0.341 e. The molecule has 0 aliphatic carbocycles. The van der Waals surface area contributed by atoms with E-state index in [-0.39, 0.29) is 5.91 Å². The molecule has 0 bridgehead atoms. The molecule has 23 heavy (non-hydrogen) atoms. The molecule has 1 aromatic heterocycles. The number of carbonyl (C=O) groups excluding carboxylic acids is 1. The molecule has 2 heterocycles. The van der Waals surface area contributed by atoms with Gasteiger partial charge in [0.05, 0.1) is 5.56 Å². The van der Waals surface area contributed by atoms with Crippen molar-refractivity contribution in [3.63, 3.8) is 0 Å². The Bertz CT molecular complexity index is 678. The van der Waals surface area contributed by atoms with Gasteiger partial charge in [-0.3, -0.25) is 4.79 Å². The first-order valence-corrected chi connectivity index (χ1v) is 8.14. The Morgan fingerprint density at radius 1 is 1.22 bits per heavy atom. The zero-order chi connectivity index (χ0) is 16.2. The van der Waals surface area contributed by atoms with E-state index < -0.39 is 0 Å². The maximum absolute atomic E-state index is 12.8. The minimum absolute atomic E-state index is 0.0638. The molecule has 0 atom stereocenters. The lowest BCUT2D eigenvalue weighted by molar-refractivity contribution is 0.0987. The Balaban J connectivity index is 1.80. The van der Waals surface area contributed by atoms with Crippen LogP contribution in [0.25, 0.3) is 0 Å². The van der Waals surface area contributed by atoms with Gasteiger partial charge in [-0.2, -0.15) is 0 Å². The second-order valence-corrected chi connectivity index (χ2v) is 5.85. The lowest BCUT2D eigenvalue weighted by Crippen LogP contribution is -2.31. The molecule has 2 aromatic rings. The largest absolute Gasteiger partial charge is 0.341 e. The molecule has 0 saturated carbocycles. The minimum atomic E-state index is -0.0638. The molecular formula is C18H22N4O. The van der Waals surface area contributed by atoms with E-state index in [0.29, 0.717) is 12.1 Å². The summed E-state index contributed by atoms with van der Waals surface area (Å²) in [7, 11) is 0. The monoisotopic (exact) mass is 310 g/mol. The first-order valence-electron chi connectivity index (χ1n) is 8.14. The Morgan fingerprint density at radius 3 is 2.52 bits per heavy atom. The van der Waals surface area contributed by atoms with Gasteiger partial charge in [-0.25, -0.2) is 9.97 Å². The predicted molar refractivity (Wildman–Crippen MR) is 92.0 cm³/mol. The summed E-state index contributed by atoms with van der Waals surface area (Å²) in [6.07, 6.45) is 5.64. The molecule has 0 N–H and O–H groups in total. The lowest BCUT2D eigenvalue weighted by Gasteiger charge is -2.21. The Labute approximate surface area is 137 Å². The summed E-state index contributed by atoms with van der Waals surface area (Å²) in [6.45, 7) is 6.60. The van der Waals surface area contributed by atoms with Crippen LogP contribution in [0.5, 0.6) is 0 Å². The fourth-order valence-electron chi connectivity index (χ4n) is 2.91. The van der Waals surface area contributed by atoms with E-state index >= 15 is 0 Å². The molecule has 0 unspecified atom stereocenters. The Kier molecular flexibility index (Phi) is 4.55. The van der Waals surface area contributed by atoms with Crippen LogP contribution in [0.1, 0.15) is 35.7 Å². The molecule has 5 nitrogen and oxygen atoms in total. The second kappa shape index (κ2) is 6.77. The van der Waals surface area contributed by atoms with Crippen molar-refractivity contribution in [1.82, 2.24) is 9.97 Å². The summed E-state index contributed by atoms with van der Waals surface area (Å²) in [5.74, 6) is 0.656. The summed E-state index contributed by atoms with van der Waals surface area (Å²) < 4.78 is 0. The lowest BCUT2D eigenvalue weighted by atomic mass is 10.2. The fraction of sp³-hybridized carbons (Fsp3) is 0.389. The highest BCUT2D eigenvalue weighted by Gasteiger charge is 2.19. The van der Waals surface area contributed by atoms with Gasteiger partial charge in [-0.15, -0.1) is 0 Å². The van der Waals surface area contributed by atoms with Gasteiger partial charge in [0.15, 0.2) is 0 Å². The van der Waals surface area contributed by atoms with E-state index in [9.17, 15) is 4.79 Å². The highest BCUT2D eigenvalue weighted by molar-refractivity contribution is 6.05. The molecule has 1 fully saturated rings. The molecule has 1 saturated heterocycles. The van der Waals surface area contributed by atoms with Crippen molar-refractivity contribution in [2.24, 2.45) is 0 Å². The number of aromatic nitrogens is 2. The average molecular weight is 310 g/mol. The van der Waals surface area contributed by atoms with Crippen LogP contribution in [-0.4, -0.2) is 35.5 Å². The molecule has 3 rings (SSSR count). The van der Waals surface area contributed by atoms with Gasteiger partial charge in [-0.05, 0) is 44.4 Å². The highest BCUT2D eigenvalue weighted by Crippen LogP contribution is 2.19. The van der Waals surface area contributed by atoms with Crippen LogP contribution in [0.3, 0.4) is 0 Å². The van der Waals surface area contributed by atoms with Crippen molar-refractivity contribution in [1.29, 1.82) is 0 Å². The van der Waals surface area contributed by atoms with Crippen LogP contribution in [0.2, 0.25) is 0 Å². The van der Waals surface area contributed by atoms with E-state index in [2.05, 4.69) is 14.9 Å². The summed E-state index contributed by atoms with van der Waals surface area (Å²) >= 11 is 0. The van der Waals surface area contributed by atoms with Gasteiger partial charge in [-0.1, -0.05) is 12.1 Å². The molecule has 1 aliphatic heterocycles. The van der Waals surface area contributed by atoms with Crippen LogP contribution in [0.4, 0.5) is 11.6 Å². The van der Waals surface area contributed by atoms with Crippen molar-refractivity contribution >= 4 is 17.5 Å². The van der Waals surface area contributed by atoms with Gasteiger partial charge < -0.3 is 9.80 Å². The maximum Gasteiger partial charge on any atom is 0.261 e. The summed E-state index contributed by atoms with van der Waals surface area (Å²) in [5, 5.41) is 0. The predicted octanol–water partition coefficient (Wildman–Crippen LogP) is 3.05. The summed E-state index contributed by atoms with van der Waals surface area (Å²) in [6, 6.07) is 7.96. The van der Waals surface area contributed by atoms with Crippen molar-refractivity contribution in [3.8, 4) is 0 Å². The molecule has 1 aliphatic rings. The average Bonchev–Trinajstić information content (AvgIpc) is 3.10. The third kappa shape index (κ3) is 3.33. The summed E-state index contributed by atoms with van der Waals surface area (Å²) in [5.41, 5.74) is 2.56. The standard InChI is InChI=1S/C18H22N4O/c1-3-22(16-8-6-7-14(2)11-16)17(23)15-12-19-18(20-13-15)21-9-4-5-10-21/h6-8,11-13H,3-5,9-10H2,1-2H3. The Morgan fingerprint density at radius 2 is 1.91 bits per heavy atom. The quantitative estimate of drug-likeness (QED) is 0.871.